The van der Waals surface area contributed by atoms with Gasteiger partial charge in [-0.05, 0) is 13.8 Å². The molecule has 2 aliphatic heterocycles. The molecule has 0 aliphatic carbocycles. The van der Waals surface area contributed by atoms with Gasteiger partial charge in [-0.15, -0.1) is 0 Å². The standard InChI is InChI=1S/C16H26N4O4S/c1-12(2)4-5-19-6-7-20(14-11-25(21,22)10-13(14)19)8-15-17-16(9-23-3)24-18-15/h4,13-14H,5-11H2,1-3H3/t13-,14+/m1/s1. The summed E-state index contributed by atoms with van der Waals surface area (Å²) in [5.74, 6) is 1.45. The molecule has 0 N–H and O–H groups in total. The van der Waals surface area contributed by atoms with E-state index in [0.29, 0.717) is 18.3 Å². The largest absolute Gasteiger partial charge is 0.375 e. The minimum atomic E-state index is -3.02. The second kappa shape index (κ2) is 7.53. The predicted molar refractivity (Wildman–Crippen MR) is 92.7 cm³/mol. The van der Waals surface area contributed by atoms with Gasteiger partial charge in [0.1, 0.15) is 6.61 Å². The Bertz CT molecular complexity index is 726. The minimum absolute atomic E-state index is 0.0197. The second-order valence-electron chi connectivity index (χ2n) is 7.00. The molecule has 0 aromatic carbocycles. The lowest BCUT2D eigenvalue weighted by Gasteiger charge is -2.43. The maximum absolute atomic E-state index is 12.2. The van der Waals surface area contributed by atoms with Gasteiger partial charge in [0.25, 0.3) is 5.89 Å². The molecular formula is C16H26N4O4S. The highest BCUT2D eigenvalue weighted by Gasteiger charge is 2.46. The van der Waals surface area contributed by atoms with Gasteiger partial charge in [-0.3, -0.25) is 9.80 Å². The molecule has 0 amide bonds. The Morgan fingerprint density at radius 1 is 1.28 bits per heavy atom. The third kappa shape index (κ3) is 4.46. The van der Waals surface area contributed by atoms with Gasteiger partial charge in [-0.2, -0.15) is 4.98 Å². The molecule has 140 valence electrons. The average molecular weight is 370 g/mol. The fourth-order valence-corrected chi connectivity index (χ4v) is 5.58. The van der Waals surface area contributed by atoms with Crippen LogP contribution >= 0.6 is 0 Å². The minimum Gasteiger partial charge on any atom is -0.375 e. The number of hydrogen-bond acceptors (Lipinski definition) is 8. The van der Waals surface area contributed by atoms with E-state index in [1.54, 1.807) is 7.11 Å². The summed E-state index contributed by atoms with van der Waals surface area (Å²) in [5, 5.41) is 3.98. The van der Waals surface area contributed by atoms with Crippen LogP contribution in [-0.2, 0) is 27.7 Å². The second-order valence-corrected chi connectivity index (χ2v) is 9.15. The topological polar surface area (TPSA) is 88.8 Å². The quantitative estimate of drug-likeness (QED) is 0.668. The van der Waals surface area contributed by atoms with Crippen molar-refractivity contribution in [2.45, 2.75) is 39.1 Å². The summed E-state index contributed by atoms with van der Waals surface area (Å²) in [4.78, 5) is 8.77. The first-order chi connectivity index (χ1) is 11.9. The first-order valence-electron chi connectivity index (χ1n) is 8.50. The SMILES string of the molecule is COCc1nc(CN2CCN(CC=C(C)C)[C@@H]3CS(=O)(=O)C[C@@H]32)no1. The fourth-order valence-electron chi connectivity index (χ4n) is 3.54. The van der Waals surface area contributed by atoms with E-state index in [-0.39, 0.29) is 30.2 Å². The number of aromatic nitrogens is 2. The Hall–Kier alpha value is -1.29. The fraction of sp³-hybridized carbons (Fsp3) is 0.750. The van der Waals surface area contributed by atoms with Crippen LogP contribution in [0.4, 0.5) is 0 Å². The van der Waals surface area contributed by atoms with E-state index < -0.39 is 9.84 Å². The number of methoxy groups -OCH3 is 1. The number of sulfone groups is 1. The van der Waals surface area contributed by atoms with Gasteiger partial charge in [0, 0.05) is 38.8 Å². The van der Waals surface area contributed by atoms with Crippen molar-refractivity contribution in [3.8, 4) is 0 Å². The smallest absolute Gasteiger partial charge is 0.252 e. The molecule has 2 fully saturated rings. The Labute approximate surface area is 148 Å². The molecule has 2 saturated heterocycles. The highest BCUT2D eigenvalue weighted by atomic mass is 32.2. The van der Waals surface area contributed by atoms with Gasteiger partial charge < -0.3 is 9.26 Å². The molecule has 2 atom stereocenters. The predicted octanol–water partition coefficient (Wildman–Crippen LogP) is 0.465. The van der Waals surface area contributed by atoms with Crippen molar-refractivity contribution in [3.05, 3.63) is 23.4 Å². The summed E-state index contributed by atoms with van der Waals surface area (Å²) in [6.07, 6.45) is 2.16. The number of rotatable bonds is 6. The summed E-state index contributed by atoms with van der Waals surface area (Å²) >= 11 is 0. The number of hydrogen-bond donors (Lipinski definition) is 0. The molecule has 0 spiro atoms. The summed E-state index contributed by atoms with van der Waals surface area (Å²) in [6.45, 7) is 7.34. The molecule has 2 aliphatic rings. The van der Waals surface area contributed by atoms with Gasteiger partial charge in [0.05, 0.1) is 18.1 Å². The van der Waals surface area contributed by atoms with Crippen LogP contribution in [0.2, 0.25) is 0 Å². The van der Waals surface area contributed by atoms with Crippen LogP contribution in [0.15, 0.2) is 16.2 Å². The van der Waals surface area contributed by atoms with Crippen molar-refractivity contribution < 1.29 is 17.7 Å². The van der Waals surface area contributed by atoms with E-state index in [0.717, 1.165) is 19.6 Å². The van der Waals surface area contributed by atoms with Crippen LogP contribution in [0.3, 0.4) is 0 Å². The number of piperazine rings is 1. The Kier molecular flexibility index (Phi) is 5.57. The lowest BCUT2D eigenvalue weighted by Crippen LogP contribution is -2.58. The number of fused-ring (bicyclic) bond motifs is 1. The van der Waals surface area contributed by atoms with Crippen molar-refractivity contribution in [2.24, 2.45) is 0 Å². The van der Waals surface area contributed by atoms with Gasteiger partial charge in [0.2, 0.25) is 0 Å². The number of ether oxygens (including phenoxy) is 1. The number of allylic oxidation sites excluding steroid dienone is 1. The summed E-state index contributed by atoms with van der Waals surface area (Å²) in [7, 11) is -1.44. The van der Waals surface area contributed by atoms with Crippen LogP contribution in [0.5, 0.6) is 0 Å². The molecule has 3 rings (SSSR count). The van der Waals surface area contributed by atoms with Crippen LogP contribution in [-0.4, -0.2) is 78.7 Å². The van der Waals surface area contributed by atoms with Gasteiger partial charge >= 0.3 is 0 Å². The molecule has 8 nitrogen and oxygen atoms in total. The Morgan fingerprint density at radius 3 is 2.64 bits per heavy atom. The van der Waals surface area contributed by atoms with E-state index in [1.807, 2.05) is 0 Å². The lowest BCUT2D eigenvalue weighted by molar-refractivity contribution is 0.0456. The molecular weight excluding hydrogens is 344 g/mol. The Balaban J connectivity index is 1.72. The van der Waals surface area contributed by atoms with Crippen LogP contribution in [0, 0.1) is 0 Å². The van der Waals surface area contributed by atoms with Crippen molar-refractivity contribution in [1.29, 1.82) is 0 Å². The van der Waals surface area contributed by atoms with Gasteiger partial charge in [-0.1, -0.05) is 16.8 Å². The molecule has 1 aromatic rings. The number of nitrogens with zero attached hydrogens (tertiary/aromatic N) is 4. The highest BCUT2D eigenvalue weighted by Crippen LogP contribution is 2.28. The summed E-state index contributed by atoms with van der Waals surface area (Å²) in [6, 6.07) is 0.00776. The first-order valence-corrected chi connectivity index (χ1v) is 10.3. The summed E-state index contributed by atoms with van der Waals surface area (Å²) < 4.78 is 34.6. The molecule has 0 saturated carbocycles. The van der Waals surface area contributed by atoms with Gasteiger partial charge in [-0.25, -0.2) is 8.42 Å². The normalized spacial score (nSPS) is 26.5. The van der Waals surface area contributed by atoms with Crippen molar-refractivity contribution >= 4 is 9.84 Å². The maximum atomic E-state index is 12.2. The zero-order valence-corrected chi connectivity index (χ0v) is 15.8. The Morgan fingerprint density at radius 2 is 1.96 bits per heavy atom. The molecule has 25 heavy (non-hydrogen) atoms. The van der Waals surface area contributed by atoms with Crippen LogP contribution in [0.25, 0.3) is 0 Å². The van der Waals surface area contributed by atoms with E-state index in [1.165, 1.54) is 5.57 Å². The zero-order valence-electron chi connectivity index (χ0n) is 15.0. The van der Waals surface area contributed by atoms with E-state index in [2.05, 4.69) is 39.9 Å². The van der Waals surface area contributed by atoms with Gasteiger partial charge in [0.15, 0.2) is 15.7 Å². The summed E-state index contributed by atoms with van der Waals surface area (Å²) in [5.41, 5.74) is 1.25. The molecule has 0 bridgehead atoms. The first kappa shape index (κ1) is 18.5. The van der Waals surface area contributed by atoms with E-state index in [4.69, 9.17) is 9.26 Å². The monoisotopic (exact) mass is 370 g/mol. The third-order valence-corrected chi connectivity index (χ3v) is 6.46. The molecule has 9 heteroatoms. The lowest BCUT2D eigenvalue weighted by atomic mass is 10.0. The van der Waals surface area contributed by atoms with Crippen LogP contribution < -0.4 is 0 Å². The molecule has 0 unspecified atom stereocenters. The van der Waals surface area contributed by atoms with Crippen LogP contribution in [0.1, 0.15) is 25.6 Å². The van der Waals surface area contributed by atoms with E-state index >= 15 is 0 Å². The molecule has 3 heterocycles. The molecule has 1 aromatic heterocycles. The zero-order chi connectivity index (χ0) is 18.0. The molecule has 0 radical (unpaired) electrons. The highest BCUT2D eigenvalue weighted by molar-refractivity contribution is 7.91. The third-order valence-electron chi connectivity index (χ3n) is 4.76. The van der Waals surface area contributed by atoms with Crippen molar-refractivity contribution in [2.75, 3.05) is 38.2 Å². The average Bonchev–Trinajstić information content (AvgIpc) is 3.10. The van der Waals surface area contributed by atoms with E-state index in [9.17, 15) is 8.42 Å². The van der Waals surface area contributed by atoms with Crippen molar-refractivity contribution in [3.63, 3.8) is 0 Å². The van der Waals surface area contributed by atoms with Crippen molar-refractivity contribution in [1.82, 2.24) is 19.9 Å². The maximum Gasteiger partial charge on any atom is 0.252 e.